The Morgan fingerprint density at radius 3 is 2.44 bits per heavy atom. The van der Waals surface area contributed by atoms with Gasteiger partial charge in [0.25, 0.3) is 0 Å². The molecular weight excluding hydrogens is 355 g/mol. The molecule has 0 fully saturated rings. The molecule has 0 aliphatic carbocycles. The first-order valence-corrected chi connectivity index (χ1v) is 8.94. The van der Waals surface area contributed by atoms with E-state index in [9.17, 15) is 13.2 Å². The molecule has 0 saturated carbocycles. The standard InChI is InChI=1S/C20H26F3N3O/c1-5-15-9-17(26-12-25-15)14-6-7-18(16(8-14)20(21,22)23)27-11-13(2)10-19(3,4)24/h6-9,12-13H,5,10-11,24H2,1-4H3/t13-/m0/s1. The first-order valence-electron chi connectivity index (χ1n) is 8.94. The molecular formula is C20H26F3N3O. The van der Waals surface area contributed by atoms with E-state index in [0.29, 0.717) is 24.1 Å². The minimum atomic E-state index is -4.53. The van der Waals surface area contributed by atoms with E-state index in [1.54, 1.807) is 12.1 Å². The van der Waals surface area contributed by atoms with E-state index >= 15 is 0 Å². The predicted octanol–water partition coefficient (Wildman–Crippen LogP) is 4.87. The molecule has 0 aliphatic heterocycles. The summed E-state index contributed by atoms with van der Waals surface area (Å²) < 4.78 is 46.2. The maximum absolute atomic E-state index is 13.6. The normalized spacial score (nSPS) is 13.5. The van der Waals surface area contributed by atoms with Crippen molar-refractivity contribution < 1.29 is 17.9 Å². The minimum Gasteiger partial charge on any atom is -0.493 e. The molecule has 0 amide bonds. The number of aryl methyl sites for hydroxylation is 1. The molecule has 7 heteroatoms. The monoisotopic (exact) mass is 381 g/mol. The van der Waals surface area contributed by atoms with Crippen molar-refractivity contribution in [3.05, 3.63) is 41.9 Å². The van der Waals surface area contributed by atoms with Gasteiger partial charge in [0.2, 0.25) is 0 Å². The summed E-state index contributed by atoms with van der Waals surface area (Å²) in [6.45, 7) is 7.76. The van der Waals surface area contributed by atoms with Crippen LogP contribution < -0.4 is 10.5 Å². The molecule has 0 aliphatic rings. The van der Waals surface area contributed by atoms with Gasteiger partial charge >= 0.3 is 6.18 Å². The highest BCUT2D eigenvalue weighted by atomic mass is 19.4. The van der Waals surface area contributed by atoms with Gasteiger partial charge in [-0.1, -0.05) is 13.8 Å². The van der Waals surface area contributed by atoms with E-state index in [2.05, 4.69) is 9.97 Å². The zero-order valence-corrected chi connectivity index (χ0v) is 16.1. The number of nitrogens with zero attached hydrogens (tertiary/aromatic N) is 2. The molecule has 0 radical (unpaired) electrons. The highest BCUT2D eigenvalue weighted by Crippen LogP contribution is 2.38. The molecule has 1 atom stereocenters. The second-order valence-corrected chi connectivity index (χ2v) is 7.57. The fraction of sp³-hybridized carbons (Fsp3) is 0.500. The van der Waals surface area contributed by atoms with Crippen LogP contribution in [0.1, 0.15) is 45.4 Å². The smallest absolute Gasteiger partial charge is 0.419 e. The fourth-order valence-corrected chi connectivity index (χ4v) is 2.97. The van der Waals surface area contributed by atoms with Crippen LogP contribution in [0.25, 0.3) is 11.3 Å². The van der Waals surface area contributed by atoms with Crippen LogP contribution in [-0.2, 0) is 12.6 Å². The van der Waals surface area contributed by atoms with Crippen molar-refractivity contribution in [2.24, 2.45) is 11.7 Å². The third kappa shape index (κ3) is 6.20. The van der Waals surface area contributed by atoms with Gasteiger partial charge in [0.05, 0.1) is 17.9 Å². The van der Waals surface area contributed by atoms with Crippen LogP contribution in [0, 0.1) is 5.92 Å². The zero-order valence-electron chi connectivity index (χ0n) is 16.1. The van der Waals surface area contributed by atoms with E-state index in [-0.39, 0.29) is 18.3 Å². The largest absolute Gasteiger partial charge is 0.493 e. The van der Waals surface area contributed by atoms with Gasteiger partial charge in [-0.15, -0.1) is 0 Å². The molecule has 148 valence electrons. The molecule has 1 aromatic heterocycles. The van der Waals surface area contributed by atoms with Crippen molar-refractivity contribution in [2.75, 3.05) is 6.61 Å². The lowest BCUT2D eigenvalue weighted by Crippen LogP contribution is -2.35. The number of hydrogen-bond donors (Lipinski definition) is 1. The van der Waals surface area contributed by atoms with E-state index < -0.39 is 17.3 Å². The quantitative estimate of drug-likeness (QED) is 0.743. The molecule has 2 rings (SSSR count). The van der Waals surface area contributed by atoms with Gasteiger partial charge in [-0.2, -0.15) is 13.2 Å². The second kappa shape index (κ2) is 8.25. The lowest BCUT2D eigenvalue weighted by Gasteiger charge is -2.24. The average molecular weight is 381 g/mol. The van der Waals surface area contributed by atoms with Gasteiger partial charge in [-0.3, -0.25) is 0 Å². The number of hydrogen-bond acceptors (Lipinski definition) is 4. The molecule has 0 spiro atoms. The summed E-state index contributed by atoms with van der Waals surface area (Å²) in [5.41, 5.74) is 6.36. The second-order valence-electron chi connectivity index (χ2n) is 7.57. The highest BCUT2D eigenvalue weighted by Gasteiger charge is 2.35. The van der Waals surface area contributed by atoms with Crippen LogP contribution in [0.3, 0.4) is 0 Å². The van der Waals surface area contributed by atoms with Crippen LogP contribution in [0.5, 0.6) is 5.75 Å². The lowest BCUT2D eigenvalue weighted by molar-refractivity contribution is -0.139. The number of benzene rings is 1. The Bertz CT molecular complexity index is 770. The Hall–Kier alpha value is -2.15. The summed E-state index contributed by atoms with van der Waals surface area (Å²) in [4.78, 5) is 8.17. The van der Waals surface area contributed by atoms with Gasteiger partial charge in [-0.05, 0) is 56.9 Å². The Labute approximate surface area is 158 Å². The summed E-state index contributed by atoms with van der Waals surface area (Å²) in [6, 6.07) is 5.71. The van der Waals surface area contributed by atoms with Crippen molar-refractivity contribution in [3.8, 4) is 17.0 Å². The summed E-state index contributed by atoms with van der Waals surface area (Å²) in [7, 11) is 0. The first kappa shape index (κ1) is 21.2. The molecule has 2 aromatic rings. The third-order valence-electron chi connectivity index (χ3n) is 4.06. The third-order valence-corrected chi connectivity index (χ3v) is 4.06. The van der Waals surface area contributed by atoms with E-state index in [0.717, 1.165) is 11.8 Å². The topological polar surface area (TPSA) is 61.0 Å². The molecule has 4 nitrogen and oxygen atoms in total. The van der Waals surface area contributed by atoms with Crippen LogP contribution >= 0.6 is 0 Å². The van der Waals surface area contributed by atoms with E-state index in [4.69, 9.17) is 10.5 Å². The van der Waals surface area contributed by atoms with Gasteiger partial charge < -0.3 is 10.5 Å². The van der Waals surface area contributed by atoms with E-state index in [1.165, 1.54) is 12.4 Å². The fourth-order valence-electron chi connectivity index (χ4n) is 2.97. The zero-order chi connectivity index (χ0) is 20.2. The van der Waals surface area contributed by atoms with Crippen LogP contribution in [0.2, 0.25) is 0 Å². The van der Waals surface area contributed by atoms with Gasteiger partial charge in [0.15, 0.2) is 0 Å². The number of rotatable bonds is 7. The molecule has 0 unspecified atom stereocenters. The summed E-state index contributed by atoms with van der Waals surface area (Å²) in [6.07, 6.45) is -1.84. The summed E-state index contributed by atoms with van der Waals surface area (Å²) >= 11 is 0. The molecule has 0 bridgehead atoms. The SMILES string of the molecule is CCc1cc(-c2ccc(OC[C@@H](C)CC(C)(C)N)c(C(F)(F)F)c2)ncn1. The van der Waals surface area contributed by atoms with Gasteiger partial charge in [0.1, 0.15) is 12.1 Å². The van der Waals surface area contributed by atoms with Crippen molar-refractivity contribution >= 4 is 0 Å². The predicted molar refractivity (Wildman–Crippen MR) is 99.4 cm³/mol. The first-order chi connectivity index (χ1) is 12.5. The highest BCUT2D eigenvalue weighted by molar-refractivity contribution is 5.62. The molecule has 1 aromatic carbocycles. The van der Waals surface area contributed by atoms with Crippen LogP contribution in [0.15, 0.2) is 30.6 Å². The maximum atomic E-state index is 13.6. The van der Waals surface area contributed by atoms with Crippen LogP contribution in [-0.4, -0.2) is 22.1 Å². The van der Waals surface area contributed by atoms with Crippen LogP contribution in [0.4, 0.5) is 13.2 Å². The van der Waals surface area contributed by atoms with Gasteiger partial charge in [0, 0.05) is 16.8 Å². The van der Waals surface area contributed by atoms with Crippen molar-refractivity contribution in [3.63, 3.8) is 0 Å². The molecule has 27 heavy (non-hydrogen) atoms. The minimum absolute atomic E-state index is 0.0275. The number of nitrogens with two attached hydrogens (primary N) is 1. The number of ether oxygens (including phenoxy) is 1. The lowest BCUT2D eigenvalue weighted by atomic mass is 9.93. The van der Waals surface area contributed by atoms with Gasteiger partial charge in [-0.25, -0.2) is 9.97 Å². The maximum Gasteiger partial charge on any atom is 0.419 e. The number of alkyl halides is 3. The van der Waals surface area contributed by atoms with Crippen molar-refractivity contribution in [1.82, 2.24) is 9.97 Å². The van der Waals surface area contributed by atoms with Crippen molar-refractivity contribution in [1.29, 1.82) is 0 Å². The Balaban J connectivity index is 2.28. The molecule has 0 saturated heterocycles. The molecule has 1 heterocycles. The van der Waals surface area contributed by atoms with E-state index in [1.807, 2.05) is 27.7 Å². The Morgan fingerprint density at radius 1 is 1.15 bits per heavy atom. The number of aromatic nitrogens is 2. The number of halogens is 3. The molecule has 2 N–H and O–H groups in total. The summed E-state index contributed by atoms with van der Waals surface area (Å²) in [5.74, 6) is -0.155. The Morgan fingerprint density at radius 2 is 1.85 bits per heavy atom. The average Bonchev–Trinajstić information content (AvgIpc) is 2.57. The summed E-state index contributed by atoms with van der Waals surface area (Å²) in [5, 5.41) is 0. The Kier molecular flexibility index (Phi) is 6.46. The van der Waals surface area contributed by atoms with Crippen molar-refractivity contribution in [2.45, 2.75) is 52.3 Å².